The summed E-state index contributed by atoms with van der Waals surface area (Å²) < 4.78 is 51.5. The number of carbonyl (C=O) groups is 1. The average Bonchev–Trinajstić information content (AvgIpc) is 2.72. The fourth-order valence-electron chi connectivity index (χ4n) is 2.24. The van der Waals surface area contributed by atoms with Gasteiger partial charge in [-0.3, -0.25) is 4.79 Å². The molecule has 0 unspecified atom stereocenters. The van der Waals surface area contributed by atoms with Gasteiger partial charge in [-0.2, -0.15) is 0 Å². The number of nitrogens with one attached hydrogen (secondary N) is 1. The lowest BCUT2D eigenvalue weighted by atomic mass is 10.2. The van der Waals surface area contributed by atoms with Gasteiger partial charge in [0.15, 0.2) is 0 Å². The number of benzene rings is 1. The molecule has 0 radical (unpaired) electrons. The van der Waals surface area contributed by atoms with Crippen molar-refractivity contribution in [2.24, 2.45) is 0 Å². The van der Waals surface area contributed by atoms with Gasteiger partial charge in [-0.25, -0.2) is 25.9 Å². The third-order valence-electron chi connectivity index (χ3n) is 3.40. The minimum Gasteiger partial charge on any atom is -0.395 e. The second-order valence-corrected chi connectivity index (χ2v) is 9.00. The van der Waals surface area contributed by atoms with Crippen molar-refractivity contribution in [1.82, 2.24) is 4.72 Å². The highest BCUT2D eigenvalue weighted by Gasteiger charge is 2.37. The fourth-order valence-corrected chi connectivity index (χ4v) is 5.19. The first kappa shape index (κ1) is 17.9. The largest absolute Gasteiger partial charge is 0.395 e. The van der Waals surface area contributed by atoms with Crippen LogP contribution in [-0.4, -0.2) is 46.3 Å². The molecule has 10 heteroatoms. The first-order valence-electron chi connectivity index (χ1n) is 6.88. The number of hydrogen-bond acceptors (Lipinski definition) is 6. The van der Waals surface area contributed by atoms with E-state index in [2.05, 4.69) is 4.72 Å². The third-order valence-corrected chi connectivity index (χ3v) is 6.83. The predicted octanol–water partition coefficient (Wildman–Crippen LogP) is -0.279. The Morgan fingerprint density at radius 2 is 2.04 bits per heavy atom. The summed E-state index contributed by atoms with van der Waals surface area (Å²) in [5, 5.41) is 8.99. The third kappa shape index (κ3) is 3.55. The molecule has 0 aromatic heterocycles. The molecule has 1 aromatic rings. The van der Waals surface area contributed by atoms with Gasteiger partial charge in [0.2, 0.25) is 26.0 Å². The molecule has 1 amide bonds. The van der Waals surface area contributed by atoms with Crippen molar-refractivity contribution in [3.63, 3.8) is 0 Å². The van der Waals surface area contributed by atoms with Crippen molar-refractivity contribution in [2.45, 2.75) is 31.2 Å². The number of sulfonamides is 2. The molecule has 1 fully saturated rings. The number of amides is 1. The summed E-state index contributed by atoms with van der Waals surface area (Å²) in [5.41, 5.74) is 0.394. The monoisotopic (exact) mass is 362 g/mol. The van der Waals surface area contributed by atoms with Crippen LogP contribution < -0.4 is 9.03 Å². The summed E-state index contributed by atoms with van der Waals surface area (Å²) in [6.45, 7) is 2.67. The van der Waals surface area contributed by atoms with Crippen LogP contribution in [0.5, 0.6) is 0 Å². The lowest BCUT2D eigenvalue weighted by Crippen LogP contribution is -2.35. The molecule has 128 valence electrons. The smallest absolute Gasteiger partial charge is 0.242 e. The molecule has 8 nitrogen and oxygen atoms in total. The van der Waals surface area contributed by atoms with Crippen LogP contribution in [0.25, 0.3) is 0 Å². The van der Waals surface area contributed by atoms with E-state index in [1.807, 2.05) is 0 Å². The molecule has 1 atom stereocenters. The molecule has 1 heterocycles. The number of aliphatic hydroxyl groups excluding tert-OH is 1. The van der Waals surface area contributed by atoms with Crippen LogP contribution in [0.3, 0.4) is 0 Å². The lowest BCUT2D eigenvalue weighted by Gasteiger charge is -2.18. The van der Waals surface area contributed by atoms with Crippen molar-refractivity contribution in [3.8, 4) is 0 Å². The highest BCUT2D eigenvalue weighted by Crippen LogP contribution is 2.29. The Morgan fingerprint density at radius 1 is 1.39 bits per heavy atom. The van der Waals surface area contributed by atoms with Gasteiger partial charge in [-0.05, 0) is 31.5 Å². The van der Waals surface area contributed by atoms with Crippen molar-refractivity contribution in [2.75, 3.05) is 16.7 Å². The van der Waals surface area contributed by atoms with Gasteiger partial charge in [-0.15, -0.1) is 0 Å². The standard InChI is InChI=1S/C13H18N2O6S2/c1-9-3-4-11(15-13(17)5-6-22(15,18)19)7-12(9)23(20,21)14-10(2)8-16/h3-4,7,10,14,16H,5-6,8H2,1-2H3/t10-/m0/s1. The van der Waals surface area contributed by atoms with E-state index in [4.69, 9.17) is 5.11 Å². The Bertz CT molecular complexity index is 832. The predicted molar refractivity (Wildman–Crippen MR) is 83.9 cm³/mol. The highest BCUT2D eigenvalue weighted by atomic mass is 32.2. The molecule has 1 aliphatic heterocycles. The van der Waals surface area contributed by atoms with Gasteiger partial charge in [0.25, 0.3) is 0 Å². The molecule has 2 N–H and O–H groups in total. The van der Waals surface area contributed by atoms with Crippen LogP contribution >= 0.6 is 0 Å². The number of hydrogen-bond donors (Lipinski definition) is 2. The maximum absolute atomic E-state index is 12.4. The van der Waals surface area contributed by atoms with Crippen LogP contribution in [0.2, 0.25) is 0 Å². The van der Waals surface area contributed by atoms with Gasteiger partial charge in [0.1, 0.15) is 0 Å². The lowest BCUT2D eigenvalue weighted by molar-refractivity contribution is -0.116. The molecule has 1 aliphatic rings. The summed E-state index contributed by atoms with van der Waals surface area (Å²) in [6, 6.07) is 3.29. The van der Waals surface area contributed by atoms with E-state index in [0.717, 1.165) is 6.07 Å². The number of carbonyl (C=O) groups excluding carboxylic acids is 1. The highest BCUT2D eigenvalue weighted by molar-refractivity contribution is 7.94. The summed E-state index contributed by atoms with van der Waals surface area (Å²) >= 11 is 0. The molecular formula is C13H18N2O6S2. The first-order chi connectivity index (χ1) is 10.6. The van der Waals surface area contributed by atoms with Crippen LogP contribution in [0.15, 0.2) is 23.1 Å². The summed E-state index contributed by atoms with van der Waals surface area (Å²) in [4.78, 5) is 11.7. The maximum atomic E-state index is 12.4. The maximum Gasteiger partial charge on any atom is 0.242 e. The van der Waals surface area contributed by atoms with Crippen molar-refractivity contribution in [3.05, 3.63) is 23.8 Å². The van der Waals surface area contributed by atoms with Crippen LogP contribution in [-0.2, 0) is 24.8 Å². The van der Waals surface area contributed by atoms with Crippen LogP contribution in [0.4, 0.5) is 5.69 Å². The first-order valence-corrected chi connectivity index (χ1v) is 9.97. The quantitative estimate of drug-likeness (QED) is 0.743. The Balaban J connectivity index is 2.50. The molecule has 0 saturated carbocycles. The van der Waals surface area contributed by atoms with E-state index in [1.54, 1.807) is 6.92 Å². The molecule has 0 bridgehead atoms. The fraction of sp³-hybridized carbons (Fsp3) is 0.462. The molecule has 23 heavy (non-hydrogen) atoms. The van der Waals surface area contributed by atoms with Crippen LogP contribution in [0, 0.1) is 6.92 Å². The second kappa shape index (κ2) is 6.19. The topological polar surface area (TPSA) is 121 Å². The van der Waals surface area contributed by atoms with E-state index in [-0.39, 0.29) is 29.4 Å². The van der Waals surface area contributed by atoms with Crippen molar-refractivity contribution >= 4 is 31.6 Å². The summed E-state index contributed by atoms with van der Waals surface area (Å²) in [6.07, 6.45) is -0.127. The number of anilines is 1. The van der Waals surface area contributed by atoms with E-state index >= 15 is 0 Å². The minimum absolute atomic E-state index is 0.00451. The van der Waals surface area contributed by atoms with Crippen molar-refractivity contribution < 1.29 is 26.7 Å². The van der Waals surface area contributed by atoms with Gasteiger partial charge in [0.05, 0.1) is 22.9 Å². The molecule has 1 saturated heterocycles. The van der Waals surface area contributed by atoms with Gasteiger partial charge in [-0.1, -0.05) is 6.07 Å². The Hall–Kier alpha value is -1.49. The molecule has 2 rings (SSSR count). The van der Waals surface area contributed by atoms with E-state index in [0.29, 0.717) is 9.87 Å². The molecule has 1 aromatic carbocycles. The minimum atomic E-state index is -3.95. The Labute approximate surface area is 135 Å². The van der Waals surface area contributed by atoms with Crippen LogP contribution in [0.1, 0.15) is 18.9 Å². The number of rotatable bonds is 5. The van der Waals surface area contributed by atoms with E-state index in [9.17, 15) is 21.6 Å². The zero-order valence-corrected chi connectivity index (χ0v) is 14.3. The van der Waals surface area contributed by atoms with E-state index < -0.39 is 32.0 Å². The van der Waals surface area contributed by atoms with Gasteiger partial charge in [0, 0.05) is 12.5 Å². The summed E-state index contributed by atoms with van der Waals surface area (Å²) in [5.74, 6) is -0.879. The average molecular weight is 362 g/mol. The zero-order chi connectivity index (χ0) is 17.4. The van der Waals surface area contributed by atoms with E-state index in [1.165, 1.54) is 19.1 Å². The van der Waals surface area contributed by atoms with Gasteiger partial charge >= 0.3 is 0 Å². The molecule has 0 aliphatic carbocycles. The molecule has 0 spiro atoms. The number of nitrogens with zero attached hydrogens (tertiary/aromatic N) is 1. The number of aryl methyl sites for hydroxylation is 1. The Kier molecular flexibility index (Phi) is 4.81. The van der Waals surface area contributed by atoms with Gasteiger partial charge < -0.3 is 5.11 Å². The summed E-state index contributed by atoms with van der Waals surface area (Å²) in [7, 11) is -7.72. The Morgan fingerprint density at radius 3 is 2.57 bits per heavy atom. The van der Waals surface area contributed by atoms with Crippen molar-refractivity contribution in [1.29, 1.82) is 0 Å². The normalized spacial score (nSPS) is 19.1. The zero-order valence-electron chi connectivity index (χ0n) is 12.7. The number of aliphatic hydroxyl groups is 1. The molecular weight excluding hydrogens is 344 g/mol. The second-order valence-electron chi connectivity index (χ2n) is 5.38. The SMILES string of the molecule is Cc1ccc(N2C(=O)CCS2(=O)=O)cc1S(=O)(=O)N[C@@H](C)CO.